The molecule has 0 aliphatic heterocycles. The van der Waals surface area contributed by atoms with E-state index in [-0.39, 0.29) is 0 Å². The van der Waals surface area contributed by atoms with Gasteiger partial charge < -0.3 is 5.32 Å². The van der Waals surface area contributed by atoms with Crippen LogP contribution in [0.15, 0.2) is 54.9 Å². The van der Waals surface area contributed by atoms with Crippen molar-refractivity contribution in [2.75, 3.05) is 5.32 Å². The van der Waals surface area contributed by atoms with Gasteiger partial charge in [0, 0.05) is 24.0 Å². The number of anilines is 2. The summed E-state index contributed by atoms with van der Waals surface area (Å²) in [4.78, 5) is 12.7. The summed E-state index contributed by atoms with van der Waals surface area (Å²) < 4.78 is 0. The number of nitrogens with zero attached hydrogens (tertiary/aromatic N) is 3. The van der Waals surface area contributed by atoms with Crippen molar-refractivity contribution in [1.29, 1.82) is 0 Å². The van der Waals surface area contributed by atoms with Gasteiger partial charge in [0.15, 0.2) is 5.82 Å². The van der Waals surface area contributed by atoms with E-state index in [0.717, 1.165) is 11.3 Å². The van der Waals surface area contributed by atoms with Crippen molar-refractivity contribution >= 4 is 34.7 Å². The van der Waals surface area contributed by atoms with Gasteiger partial charge in [0.1, 0.15) is 11.0 Å². The van der Waals surface area contributed by atoms with Crippen LogP contribution in [0.2, 0.25) is 10.2 Å². The standard InChI is InChI=1S/C15H10Cl2N4/c16-11-5-1-2-6-12(11)19-14-8-13(17)20-15(21-14)10-4-3-7-18-9-10/h1-9H,(H,19,20,21). The van der Waals surface area contributed by atoms with Gasteiger partial charge in [0.2, 0.25) is 0 Å². The van der Waals surface area contributed by atoms with E-state index in [1.807, 2.05) is 30.3 Å². The third kappa shape index (κ3) is 3.29. The molecule has 2 heterocycles. The van der Waals surface area contributed by atoms with Gasteiger partial charge in [-0.15, -0.1) is 0 Å². The quantitative estimate of drug-likeness (QED) is 0.718. The third-order valence-corrected chi connectivity index (χ3v) is 3.27. The first-order valence-corrected chi connectivity index (χ1v) is 6.94. The summed E-state index contributed by atoms with van der Waals surface area (Å²) in [6, 6.07) is 12.8. The first-order chi connectivity index (χ1) is 10.2. The van der Waals surface area contributed by atoms with E-state index in [1.165, 1.54) is 0 Å². The molecule has 2 aromatic heterocycles. The Bertz CT molecular complexity index is 763. The summed E-state index contributed by atoms with van der Waals surface area (Å²) in [5.74, 6) is 1.08. The molecule has 0 fully saturated rings. The van der Waals surface area contributed by atoms with Gasteiger partial charge in [-0.25, -0.2) is 9.97 Å². The minimum absolute atomic E-state index is 0.346. The van der Waals surface area contributed by atoms with E-state index in [2.05, 4.69) is 20.3 Å². The average molecular weight is 317 g/mol. The molecule has 0 saturated heterocycles. The van der Waals surface area contributed by atoms with Crippen LogP contribution in [-0.4, -0.2) is 15.0 Å². The van der Waals surface area contributed by atoms with Crippen molar-refractivity contribution in [3.63, 3.8) is 0 Å². The number of rotatable bonds is 3. The molecule has 104 valence electrons. The van der Waals surface area contributed by atoms with Crippen LogP contribution in [0.1, 0.15) is 0 Å². The zero-order valence-electron chi connectivity index (χ0n) is 10.8. The third-order valence-electron chi connectivity index (χ3n) is 2.75. The smallest absolute Gasteiger partial charge is 0.164 e. The molecule has 0 unspecified atom stereocenters. The van der Waals surface area contributed by atoms with Crippen LogP contribution >= 0.6 is 23.2 Å². The lowest BCUT2D eigenvalue weighted by molar-refractivity contribution is 1.16. The lowest BCUT2D eigenvalue weighted by Crippen LogP contribution is -1.98. The fraction of sp³-hybridized carbons (Fsp3) is 0. The highest BCUT2D eigenvalue weighted by Gasteiger charge is 2.07. The zero-order valence-corrected chi connectivity index (χ0v) is 12.3. The molecule has 0 atom stereocenters. The Morgan fingerprint density at radius 1 is 0.952 bits per heavy atom. The molecule has 4 nitrogen and oxygen atoms in total. The number of hydrogen-bond donors (Lipinski definition) is 1. The second-order valence-corrected chi connectivity index (χ2v) is 5.04. The van der Waals surface area contributed by atoms with Crippen molar-refractivity contribution in [3.05, 3.63) is 65.0 Å². The fourth-order valence-corrected chi connectivity index (χ4v) is 2.17. The van der Waals surface area contributed by atoms with Crippen molar-refractivity contribution in [3.8, 4) is 11.4 Å². The number of aromatic nitrogens is 3. The Hall–Kier alpha value is -2.17. The Balaban J connectivity index is 1.97. The summed E-state index contributed by atoms with van der Waals surface area (Å²) in [5, 5.41) is 4.09. The Kier molecular flexibility index (Phi) is 3.99. The number of hydrogen-bond acceptors (Lipinski definition) is 4. The zero-order chi connectivity index (χ0) is 14.7. The van der Waals surface area contributed by atoms with Crippen LogP contribution in [0.4, 0.5) is 11.5 Å². The Labute approximate surface area is 131 Å². The van der Waals surface area contributed by atoms with Crippen LogP contribution in [0.5, 0.6) is 0 Å². The summed E-state index contributed by atoms with van der Waals surface area (Å²) in [6.07, 6.45) is 3.38. The van der Waals surface area contributed by atoms with E-state index in [4.69, 9.17) is 23.2 Å². The maximum absolute atomic E-state index is 6.12. The van der Waals surface area contributed by atoms with Crippen LogP contribution in [0, 0.1) is 0 Å². The van der Waals surface area contributed by atoms with Crippen LogP contribution in [0.3, 0.4) is 0 Å². The lowest BCUT2D eigenvalue weighted by Gasteiger charge is -2.09. The Morgan fingerprint density at radius 3 is 2.57 bits per heavy atom. The molecule has 3 rings (SSSR count). The number of halogens is 2. The van der Waals surface area contributed by atoms with Crippen molar-refractivity contribution in [2.45, 2.75) is 0 Å². The van der Waals surface area contributed by atoms with Gasteiger partial charge in [-0.1, -0.05) is 35.3 Å². The van der Waals surface area contributed by atoms with Gasteiger partial charge in [0.25, 0.3) is 0 Å². The molecular formula is C15H10Cl2N4. The highest BCUT2D eigenvalue weighted by atomic mass is 35.5. The molecule has 21 heavy (non-hydrogen) atoms. The first kappa shape index (κ1) is 13.8. The fourth-order valence-electron chi connectivity index (χ4n) is 1.81. The van der Waals surface area contributed by atoms with Crippen LogP contribution in [-0.2, 0) is 0 Å². The Morgan fingerprint density at radius 2 is 1.81 bits per heavy atom. The first-order valence-electron chi connectivity index (χ1n) is 6.19. The minimum atomic E-state index is 0.346. The highest BCUT2D eigenvalue weighted by molar-refractivity contribution is 6.33. The maximum atomic E-state index is 6.12. The van der Waals surface area contributed by atoms with Gasteiger partial charge in [-0.05, 0) is 24.3 Å². The molecule has 0 aliphatic carbocycles. The predicted molar refractivity (Wildman–Crippen MR) is 85.0 cm³/mol. The minimum Gasteiger partial charge on any atom is -0.339 e. The lowest BCUT2D eigenvalue weighted by atomic mass is 10.2. The second-order valence-electron chi connectivity index (χ2n) is 4.25. The molecular weight excluding hydrogens is 307 g/mol. The molecule has 1 N–H and O–H groups in total. The normalized spacial score (nSPS) is 10.4. The van der Waals surface area contributed by atoms with Crippen molar-refractivity contribution < 1.29 is 0 Å². The average Bonchev–Trinajstić information content (AvgIpc) is 2.50. The number of pyridine rings is 1. The van der Waals surface area contributed by atoms with E-state index in [9.17, 15) is 0 Å². The predicted octanol–water partition coefficient (Wildman–Crippen LogP) is 4.59. The maximum Gasteiger partial charge on any atom is 0.164 e. The van der Waals surface area contributed by atoms with Crippen molar-refractivity contribution in [1.82, 2.24) is 15.0 Å². The highest BCUT2D eigenvalue weighted by Crippen LogP contribution is 2.26. The molecule has 6 heteroatoms. The van der Waals surface area contributed by atoms with E-state index < -0.39 is 0 Å². The van der Waals surface area contributed by atoms with Gasteiger partial charge in [-0.2, -0.15) is 0 Å². The molecule has 0 amide bonds. The summed E-state index contributed by atoms with van der Waals surface area (Å²) in [6.45, 7) is 0. The number of para-hydroxylation sites is 1. The summed E-state index contributed by atoms with van der Waals surface area (Å²) in [7, 11) is 0. The van der Waals surface area contributed by atoms with Gasteiger partial charge >= 0.3 is 0 Å². The molecule has 3 aromatic rings. The van der Waals surface area contributed by atoms with E-state index in [1.54, 1.807) is 24.5 Å². The van der Waals surface area contributed by atoms with Crippen molar-refractivity contribution in [2.24, 2.45) is 0 Å². The largest absolute Gasteiger partial charge is 0.339 e. The monoisotopic (exact) mass is 316 g/mol. The molecule has 0 aliphatic rings. The van der Waals surface area contributed by atoms with E-state index >= 15 is 0 Å². The van der Waals surface area contributed by atoms with Crippen LogP contribution < -0.4 is 5.32 Å². The molecule has 0 radical (unpaired) electrons. The summed E-state index contributed by atoms with van der Waals surface area (Å²) >= 11 is 12.2. The SMILES string of the molecule is Clc1cc(Nc2ccccc2Cl)nc(-c2cccnc2)n1. The van der Waals surface area contributed by atoms with Crippen LogP contribution in [0.25, 0.3) is 11.4 Å². The molecule has 0 saturated carbocycles. The molecule has 0 spiro atoms. The molecule has 0 bridgehead atoms. The summed E-state index contributed by atoms with van der Waals surface area (Å²) in [5.41, 5.74) is 1.55. The number of benzene rings is 1. The van der Waals surface area contributed by atoms with Gasteiger partial charge in [0.05, 0.1) is 10.7 Å². The van der Waals surface area contributed by atoms with Gasteiger partial charge in [-0.3, -0.25) is 4.98 Å². The number of nitrogens with one attached hydrogen (secondary N) is 1. The van der Waals surface area contributed by atoms with E-state index in [0.29, 0.717) is 21.8 Å². The topological polar surface area (TPSA) is 50.7 Å². The second kappa shape index (κ2) is 6.08. The molecule has 1 aromatic carbocycles.